The SMILES string of the molecule is CCOc1ccc(Nc2c3c(nc4c(-c5ccccc5)c(C)nn24)CCCC3)cc1. The zero-order valence-electron chi connectivity index (χ0n) is 17.5. The number of nitrogens with one attached hydrogen (secondary N) is 1. The number of hydrogen-bond acceptors (Lipinski definition) is 4. The Morgan fingerprint density at radius 2 is 1.77 bits per heavy atom. The maximum atomic E-state index is 5.58. The average molecular weight is 399 g/mol. The number of hydrogen-bond donors (Lipinski definition) is 1. The normalized spacial score (nSPS) is 13.3. The molecule has 1 N–H and O–H groups in total. The molecule has 5 nitrogen and oxygen atoms in total. The highest BCUT2D eigenvalue weighted by Crippen LogP contribution is 2.35. The second-order valence-electron chi connectivity index (χ2n) is 7.74. The average Bonchev–Trinajstić information content (AvgIpc) is 3.11. The minimum atomic E-state index is 0.667. The molecule has 0 bridgehead atoms. The van der Waals surface area contributed by atoms with Crippen LogP contribution >= 0.6 is 0 Å². The molecule has 0 fully saturated rings. The van der Waals surface area contributed by atoms with E-state index in [-0.39, 0.29) is 0 Å². The molecule has 0 saturated heterocycles. The van der Waals surface area contributed by atoms with Gasteiger partial charge in [-0.15, -0.1) is 0 Å². The molecule has 30 heavy (non-hydrogen) atoms. The minimum Gasteiger partial charge on any atom is -0.494 e. The standard InChI is InChI=1S/C25H26N4O/c1-3-30-20-15-13-19(14-16-20)26-24-21-11-7-8-12-22(21)27-25-23(17(2)28-29(24)25)18-9-5-4-6-10-18/h4-6,9-10,13-16,26H,3,7-8,11-12H2,1-2H3. The summed E-state index contributed by atoms with van der Waals surface area (Å²) in [5.74, 6) is 1.91. The van der Waals surface area contributed by atoms with E-state index in [2.05, 4.69) is 48.6 Å². The highest BCUT2D eigenvalue weighted by molar-refractivity contribution is 5.82. The molecule has 0 saturated carbocycles. The lowest BCUT2D eigenvalue weighted by atomic mass is 9.96. The topological polar surface area (TPSA) is 51.5 Å². The van der Waals surface area contributed by atoms with Crippen LogP contribution in [0.2, 0.25) is 0 Å². The summed E-state index contributed by atoms with van der Waals surface area (Å²) in [5.41, 5.74) is 7.68. The van der Waals surface area contributed by atoms with Crippen molar-refractivity contribution in [1.29, 1.82) is 0 Å². The van der Waals surface area contributed by atoms with Gasteiger partial charge in [-0.05, 0) is 69.4 Å². The van der Waals surface area contributed by atoms with E-state index < -0.39 is 0 Å². The molecule has 1 aliphatic rings. The summed E-state index contributed by atoms with van der Waals surface area (Å²) >= 11 is 0. The van der Waals surface area contributed by atoms with Gasteiger partial charge < -0.3 is 10.1 Å². The van der Waals surface area contributed by atoms with Crippen LogP contribution in [0.25, 0.3) is 16.8 Å². The zero-order chi connectivity index (χ0) is 20.5. The summed E-state index contributed by atoms with van der Waals surface area (Å²) in [6.07, 6.45) is 4.41. The fourth-order valence-corrected chi connectivity index (χ4v) is 4.31. The zero-order valence-corrected chi connectivity index (χ0v) is 17.5. The van der Waals surface area contributed by atoms with Gasteiger partial charge in [-0.3, -0.25) is 0 Å². The first-order valence-corrected chi connectivity index (χ1v) is 10.7. The first kappa shape index (κ1) is 18.7. The van der Waals surface area contributed by atoms with Crippen molar-refractivity contribution in [2.45, 2.75) is 39.5 Å². The first-order valence-electron chi connectivity index (χ1n) is 10.7. The van der Waals surface area contributed by atoms with Gasteiger partial charge in [-0.1, -0.05) is 30.3 Å². The molecule has 2 aromatic heterocycles. The fraction of sp³-hybridized carbons (Fsp3) is 0.280. The second kappa shape index (κ2) is 7.82. The summed E-state index contributed by atoms with van der Waals surface area (Å²) < 4.78 is 7.58. The van der Waals surface area contributed by atoms with Gasteiger partial charge in [-0.2, -0.15) is 9.61 Å². The number of fused-ring (bicyclic) bond motifs is 2. The van der Waals surface area contributed by atoms with Gasteiger partial charge in [0.2, 0.25) is 0 Å². The Morgan fingerprint density at radius 1 is 1.00 bits per heavy atom. The number of benzene rings is 2. The number of ether oxygens (including phenoxy) is 1. The van der Waals surface area contributed by atoms with Crippen LogP contribution < -0.4 is 10.1 Å². The highest BCUT2D eigenvalue weighted by atomic mass is 16.5. The maximum Gasteiger partial charge on any atom is 0.165 e. The van der Waals surface area contributed by atoms with Gasteiger partial charge in [-0.25, -0.2) is 4.98 Å². The molecule has 2 heterocycles. The molecule has 5 heteroatoms. The Bertz CT molecular complexity index is 1180. The molecule has 152 valence electrons. The quantitative estimate of drug-likeness (QED) is 0.467. The third-order valence-corrected chi connectivity index (χ3v) is 5.70. The van der Waals surface area contributed by atoms with Crippen LogP contribution in [0.5, 0.6) is 5.75 Å². The Labute approximate surface area is 176 Å². The molecule has 0 amide bonds. The maximum absolute atomic E-state index is 5.58. The molecule has 1 aliphatic carbocycles. The predicted molar refractivity (Wildman–Crippen MR) is 121 cm³/mol. The summed E-state index contributed by atoms with van der Waals surface area (Å²) in [4.78, 5) is 5.09. The van der Waals surface area contributed by atoms with Crippen molar-refractivity contribution in [2.75, 3.05) is 11.9 Å². The van der Waals surface area contributed by atoms with E-state index in [1.165, 1.54) is 24.1 Å². The largest absolute Gasteiger partial charge is 0.494 e. The van der Waals surface area contributed by atoms with Crippen LogP contribution in [0.1, 0.15) is 36.7 Å². The van der Waals surface area contributed by atoms with Crippen LogP contribution in [0.4, 0.5) is 11.5 Å². The van der Waals surface area contributed by atoms with Gasteiger partial charge in [0.25, 0.3) is 0 Å². The van der Waals surface area contributed by atoms with Crippen LogP contribution in [-0.2, 0) is 12.8 Å². The monoisotopic (exact) mass is 398 g/mol. The lowest BCUT2D eigenvalue weighted by molar-refractivity contribution is 0.340. The van der Waals surface area contributed by atoms with E-state index in [4.69, 9.17) is 14.8 Å². The molecule has 0 unspecified atom stereocenters. The van der Waals surface area contributed by atoms with Crippen LogP contribution in [0.3, 0.4) is 0 Å². The number of aryl methyl sites for hydroxylation is 2. The molecule has 2 aromatic carbocycles. The number of rotatable bonds is 5. The number of aromatic nitrogens is 3. The second-order valence-corrected chi connectivity index (χ2v) is 7.74. The van der Waals surface area contributed by atoms with Gasteiger partial charge >= 0.3 is 0 Å². The van der Waals surface area contributed by atoms with E-state index >= 15 is 0 Å². The number of anilines is 2. The third kappa shape index (κ3) is 3.30. The Balaban J connectivity index is 1.66. The highest BCUT2D eigenvalue weighted by Gasteiger charge is 2.23. The van der Waals surface area contributed by atoms with E-state index in [9.17, 15) is 0 Å². The molecule has 0 spiro atoms. The summed E-state index contributed by atoms with van der Waals surface area (Å²) in [5, 5.41) is 8.55. The fourth-order valence-electron chi connectivity index (χ4n) is 4.31. The third-order valence-electron chi connectivity index (χ3n) is 5.70. The van der Waals surface area contributed by atoms with Crippen LogP contribution in [0, 0.1) is 6.92 Å². The Hall–Kier alpha value is -3.34. The predicted octanol–water partition coefficient (Wildman–Crippen LogP) is 5.73. The van der Waals surface area contributed by atoms with E-state index in [0.717, 1.165) is 52.6 Å². The van der Waals surface area contributed by atoms with Gasteiger partial charge in [0.05, 0.1) is 12.3 Å². The van der Waals surface area contributed by atoms with Crippen LogP contribution in [-0.4, -0.2) is 21.2 Å². The minimum absolute atomic E-state index is 0.667. The van der Waals surface area contributed by atoms with Crippen molar-refractivity contribution >= 4 is 17.2 Å². The van der Waals surface area contributed by atoms with Crippen molar-refractivity contribution < 1.29 is 4.74 Å². The van der Waals surface area contributed by atoms with Crippen molar-refractivity contribution in [3.05, 3.63) is 71.5 Å². The van der Waals surface area contributed by atoms with Crippen molar-refractivity contribution in [3.63, 3.8) is 0 Å². The molecule has 0 aliphatic heterocycles. The molecular weight excluding hydrogens is 372 g/mol. The molecular formula is C25H26N4O. The van der Waals surface area contributed by atoms with E-state index in [1.807, 2.05) is 29.6 Å². The van der Waals surface area contributed by atoms with Gasteiger partial charge in [0.15, 0.2) is 5.65 Å². The van der Waals surface area contributed by atoms with E-state index in [0.29, 0.717) is 6.61 Å². The molecule has 0 radical (unpaired) electrons. The lowest BCUT2D eigenvalue weighted by Crippen LogP contribution is -2.13. The molecule has 0 atom stereocenters. The molecule has 4 aromatic rings. The lowest BCUT2D eigenvalue weighted by Gasteiger charge is -2.21. The van der Waals surface area contributed by atoms with Crippen molar-refractivity contribution in [2.24, 2.45) is 0 Å². The summed E-state index contributed by atoms with van der Waals surface area (Å²) in [6, 6.07) is 18.5. The van der Waals surface area contributed by atoms with Crippen molar-refractivity contribution in [3.8, 4) is 16.9 Å². The molecule has 5 rings (SSSR count). The first-order chi connectivity index (χ1) is 14.7. The summed E-state index contributed by atoms with van der Waals surface area (Å²) in [6.45, 7) is 4.73. The van der Waals surface area contributed by atoms with Gasteiger partial charge in [0, 0.05) is 22.5 Å². The Morgan fingerprint density at radius 3 is 2.53 bits per heavy atom. The van der Waals surface area contributed by atoms with Crippen LogP contribution in [0.15, 0.2) is 54.6 Å². The van der Waals surface area contributed by atoms with Crippen molar-refractivity contribution in [1.82, 2.24) is 14.6 Å². The number of nitrogens with zero attached hydrogens (tertiary/aromatic N) is 3. The summed E-state index contributed by atoms with van der Waals surface area (Å²) in [7, 11) is 0. The van der Waals surface area contributed by atoms with Gasteiger partial charge in [0.1, 0.15) is 11.6 Å². The Kier molecular flexibility index (Phi) is 4.87. The van der Waals surface area contributed by atoms with E-state index in [1.54, 1.807) is 0 Å². The smallest absolute Gasteiger partial charge is 0.165 e.